The average Bonchev–Trinajstić information content (AvgIpc) is 3.09. The zero-order valence-electron chi connectivity index (χ0n) is 29.1. The van der Waals surface area contributed by atoms with E-state index in [0.717, 1.165) is 81.2 Å². The Labute approximate surface area is 287 Å². The van der Waals surface area contributed by atoms with Crippen molar-refractivity contribution in [2.24, 2.45) is 0 Å². The number of benzene rings is 6. The molecule has 6 aromatic carbocycles. The summed E-state index contributed by atoms with van der Waals surface area (Å²) in [7, 11) is 0. The third kappa shape index (κ3) is 5.36. The second-order valence-electron chi connectivity index (χ2n) is 14.2. The van der Waals surface area contributed by atoms with E-state index in [4.69, 9.17) is 4.74 Å². The van der Waals surface area contributed by atoms with Gasteiger partial charge in [0.25, 0.3) is 11.8 Å². The number of fused-ring (bicyclic) bond motifs is 2. The lowest BCUT2D eigenvalue weighted by Gasteiger charge is -2.32. The van der Waals surface area contributed by atoms with Gasteiger partial charge in [-0.25, -0.2) is 9.69 Å². The van der Waals surface area contributed by atoms with Crippen LogP contribution in [0.5, 0.6) is 0 Å². The van der Waals surface area contributed by atoms with Crippen LogP contribution < -0.4 is 4.90 Å². The number of imide groups is 1. The first kappa shape index (κ1) is 32.5. The van der Waals surface area contributed by atoms with Gasteiger partial charge in [0, 0.05) is 22.1 Å². The number of ether oxygens (including phenoxy) is 1. The lowest BCUT2D eigenvalue weighted by Crippen LogP contribution is -2.41. The second-order valence-corrected chi connectivity index (χ2v) is 14.2. The summed E-state index contributed by atoms with van der Waals surface area (Å²) in [5.41, 5.74) is 5.63. The number of nitrogens with zero attached hydrogens (tertiary/aromatic N) is 1. The zero-order valence-corrected chi connectivity index (χ0v) is 29.1. The van der Waals surface area contributed by atoms with E-state index in [2.05, 4.69) is 76.7 Å². The van der Waals surface area contributed by atoms with Crippen molar-refractivity contribution in [3.05, 3.63) is 113 Å². The van der Waals surface area contributed by atoms with Crippen molar-refractivity contribution in [3.63, 3.8) is 0 Å². The monoisotopic (exact) mass is 649 g/mol. The summed E-state index contributed by atoms with van der Waals surface area (Å²) in [5.74, 6) is -0.551. The number of unbranched alkanes of at least 4 members (excludes halogenated alkanes) is 3. The standard InChI is InChI=1S/C44H43NO4/c1-25(2)29-14-11-15-30(26(3)4)41(29)45-42(46)36-22-20-34-32-17-12-16-31-28(13-9-7-8-10-24-49-44(48)27(5)6)18-19-33(38(31)32)35-21-23-37(43(45)47)40(36)39(34)35/h11-12,14-23,25-26H,5,7-10,13,24H2,1-4,6H3. The Morgan fingerprint density at radius 2 is 1.18 bits per heavy atom. The van der Waals surface area contributed by atoms with Gasteiger partial charge in [-0.15, -0.1) is 0 Å². The van der Waals surface area contributed by atoms with Crippen molar-refractivity contribution >= 4 is 66.6 Å². The molecule has 2 amide bonds. The number of amides is 2. The zero-order chi connectivity index (χ0) is 34.6. The Hall–Kier alpha value is -5.03. The molecular formula is C44H43NO4. The first-order valence-corrected chi connectivity index (χ1v) is 17.6. The SMILES string of the molecule is C=C(C)C(=O)OCCCCCCc1ccc2c3ccc4c5c(ccc(c6cccc1c62)c53)C(=O)N(c1c(C(C)C)cccc1C(C)C)C4=O. The van der Waals surface area contributed by atoms with Gasteiger partial charge in [0.05, 0.1) is 12.3 Å². The Morgan fingerprint density at radius 1 is 0.653 bits per heavy atom. The summed E-state index contributed by atoms with van der Waals surface area (Å²) >= 11 is 0. The van der Waals surface area contributed by atoms with E-state index in [1.54, 1.807) is 6.92 Å². The van der Waals surface area contributed by atoms with Gasteiger partial charge in [-0.2, -0.15) is 0 Å². The molecule has 0 aromatic heterocycles. The molecule has 0 spiro atoms. The minimum atomic E-state index is -0.321. The summed E-state index contributed by atoms with van der Waals surface area (Å²) in [6.07, 6.45) is 4.91. The molecule has 0 aliphatic carbocycles. The van der Waals surface area contributed by atoms with Crippen molar-refractivity contribution in [1.29, 1.82) is 0 Å². The van der Waals surface area contributed by atoms with E-state index in [9.17, 15) is 14.4 Å². The Morgan fingerprint density at radius 3 is 1.80 bits per heavy atom. The highest BCUT2D eigenvalue weighted by Gasteiger charge is 2.38. The number of anilines is 1. The molecule has 0 radical (unpaired) electrons. The van der Waals surface area contributed by atoms with Crippen molar-refractivity contribution in [3.8, 4) is 0 Å². The van der Waals surface area contributed by atoms with Gasteiger partial charge in [-0.05, 0) is 105 Å². The number of esters is 1. The Kier molecular flexibility index (Phi) is 8.48. The molecule has 49 heavy (non-hydrogen) atoms. The van der Waals surface area contributed by atoms with Crippen LogP contribution in [0, 0.1) is 0 Å². The van der Waals surface area contributed by atoms with Crippen LogP contribution in [0.4, 0.5) is 5.69 Å². The molecule has 5 heteroatoms. The van der Waals surface area contributed by atoms with Crippen LogP contribution in [0.15, 0.2) is 84.9 Å². The van der Waals surface area contributed by atoms with E-state index >= 15 is 0 Å². The maximum Gasteiger partial charge on any atom is 0.333 e. The van der Waals surface area contributed by atoms with Gasteiger partial charge >= 0.3 is 5.97 Å². The fourth-order valence-electron chi connectivity index (χ4n) is 7.80. The maximum atomic E-state index is 14.5. The molecule has 0 bridgehead atoms. The fourth-order valence-corrected chi connectivity index (χ4v) is 7.80. The smallest absolute Gasteiger partial charge is 0.333 e. The number of para-hydroxylation sites is 1. The minimum absolute atomic E-state index is 0.145. The summed E-state index contributed by atoms with van der Waals surface area (Å²) < 4.78 is 5.23. The van der Waals surface area contributed by atoms with Crippen LogP contribution in [0.3, 0.4) is 0 Å². The van der Waals surface area contributed by atoms with Gasteiger partial charge in [-0.3, -0.25) is 9.59 Å². The first-order valence-electron chi connectivity index (χ1n) is 17.6. The van der Waals surface area contributed by atoms with Gasteiger partial charge in [0.15, 0.2) is 0 Å². The van der Waals surface area contributed by atoms with Crippen molar-refractivity contribution in [2.75, 3.05) is 11.5 Å². The normalized spacial score (nSPS) is 13.2. The highest BCUT2D eigenvalue weighted by Crippen LogP contribution is 2.46. The molecule has 0 saturated heterocycles. The number of aryl methyl sites for hydroxylation is 1. The van der Waals surface area contributed by atoms with Gasteiger partial charge in [0.1, 0.15) is 0 Å². The predicted octanol–water partition coefficient (Wildman–Crippen LogP) is 11.0. The largest absolute Gasteiger partial charge is 0.462 e. The maximum absolute atomic E-state index is 14.5. The van der Waals surface area contributed by atoms with Crippen LogP contribution in [-0.4, -0.2) is 24.4 Å². The fraction of sp³-hybridized carbons (Fsp3) is 0.295. The van der Waals surface area contributed by atoms with Crippen LogP contribution in [-0.2, 0) is 16.0 Å². The first-order chi connectivity index (χ1) is 23.6. The van der Waals surface area contributed by atoms with Gasteiger partial charge in [-0.1, -0.05) is 108 Å². The molecule has 1 heterocycles. The Bertz CT molecular complexity index is 2210. The predicted molar refractivity (Wildman–Crippen MR) is 201 cm³/mol. The van der Waals surface area contributed by atoms with Crippen LogP contribution in [0.2, 0.25) is 0 Å². The van der Waals surface area contributed by atoms with E-state index in [1.807, 2.05) is 30.3 Å². The van der Waals surface area contributed by atoms with Crippen LogP contribution in [0.1, 0.15) is 110 Å². The molecule has 6 aromatic rings. The summed E-state index contributed by atoms with van der Waals surface area (Å²) in [5, 5.41) is 8.62. The average molecular weight is 650 g/mol. The molecule has 5 nitrogen and oxygen atoms in total. The quantitative estimate of drug-likeness (QED) is 0.0350. The van der Waals surface area contributed by atoms with Crippen molar-refractivity contribution in [2.45, 2.75) is 78.6 Å². The number of carbonyl (C=O) groups excluding carboxylic acids is 3. The third-order valence-corrected chi connectivity index (χ3v) is 10.2. The molecule has 0 N–H and O–H groups in total. The van der Waals surface area contributed by atoms with Crippen molar-refractivity contribution < 1.29 is 19.1 Å². The molecule has 248 valence electrons. The number of carbonyl (C=O) groups is 3. The van der Waals surface area contributed by atoms with E-state index in [0.29, 0.717) is 23.3 Å². The number of hydrogen-bond acceptors (Lipinski definition) is 4. The summed E-state index contributed by atoms with van der Waals surface area (Å²) in [6.45, 7) is 14.2. The molecule has 1 aliphatic heterocycles. The molecule has 7 rings (SSSR count). The molecule has 1 aliphatic rings. The lowest BCUT2D eigenvalue weighted by molar-refractivity contribution is -0.139. The molecular weight excluding hydrogens is 606 g/mol. The van der Waals surface area contributed by atoms with E-state index in [1.165, 1.54) is 21.2 Å². The highest BCUT2D eigenvalue weighted by molar-refractivity contribution is 6.42. The molecule has 0 fully saturated rings. The van der Waals surface area contributed by atoms with Crippen molar-refractivity contribution in [1.82, 2.24) is 0 Å². The summed E-state index contributed by atoms with van der Waals surface area (Å²) in [4.78, 5) is 42.1. The molecule has 0 unspecified atom stereocenters. The topological polar surface area (TPSA) is 63.7 Å². The summed E-state index contributed by atoms with van der Waals surface area (Å²) in [6, 6.07) is 25.1. The Balaban J connectivity index is 1.27. The van der Waals surface area contributed by atoms with Gasteiger partial charge < -0.3 is 4.74 Å². The number of rotatable bonds is 11. The molecule has 0 saturated carbocycles. The van der Waals surface area contributed by atoms with Crippen LogP contribution in [0.25, 0.3) is 43.1 Å². The van der Waals surface area contributed by atoms with E-state index in [-0.39, 0.29) is 29.6 Å². The molecule has 0 atom stereocenters. The van der Waals surface area contributed by atoms with Crippen LogP contribution >= 0.6 is 0 Å². The number of hydrogen-bond donors (Lipinski definition) is 0. The second kappa shape index (κ2) is 12.8. The van der Waals surface area contributed by atoms with E-state index < -0.39 is 0 Å². The minimum Gasteiger partial charge on any atom is -0.462 e. The lowest BCUT2D eigenvalue weighted by atomic mass is 9.83. The highest BCUT2D eigenvalue weighted by atomic mass is 16.5. The van der Waals surface area contributed by atoms with Gasteiger partial charge in [0.2, 0.25) is 0 Å². The third-order valence-electron chi connectivity index (χ3n) is 10.2.